The smallest absolute Gasteiger partial charge is 0.227 e. The number of rotatable bonds is 7. The number of aromatic nitrogens is 2. The Balaban J connectivity index is 1.62. The van der Waals surface area contributed by atoms with Gasteiger partial charge in [0.25, 0.3) is 0 Å². The molecular weight excluding hydrogens is 386 g/mol. The first kappa shape index (κ1) is 21.4. The Morgan fingerprint density at radius 1 is 1.10 bits per heavy atom. The zero-order valence-electron chi connectivity index (χ0n) is 17.1. The van der Waals surface area contributed by atoms with E-state index in [1.165, 1.54) is 25.3 Å². The molecular formula is C22H29N3O3S. The van der Waals surface area contributed by atoms with Crippen LogP contribution in [0.1, 0.15) is 51.9 Å². The molecule has 0 bridgehead atoms. The Kier molecular flexibility index (Phi) is 7.00. The SMILES string of the molecule is CCCCC1CCC(C(=O)Nc2cccc(-c3ccc(S(C)(=O)=O)nn3)c2)CC1. The number of benzene rings is 1. The van der Waals surface area contributed by atoms with Crippen molar-refractivity contribution in [3.8, 4) is 11.3 Å². The van der Waals surface area contributed by atoms with Crippen molar-refractivity contribution in [2.45, 2.75) is 56.9 Å². The summed E-state index contributed by atoms with van der Waals surface area (Å²) >= 11 is 0. The van der Waals surface area contributed by atoms with Crippen LogP contribution in [0, 0.1) is 11.8 Å². The normalized spacial score (nSPS) is 19.7. The van der Waals surface area contributed by atoms with E-state index >= 15 is 0 Å². The molecule has 6 nitrogen and oxygen atoms in total. The number of nitrogens with zero attached hydrogens (tertiary/aromatic N) is 2. The van der Waals surface area contributed by atoms with Crippen molar-refractivity contribution >= 4 is 21.4 Å². The van der Waals surface area contributed by atoms with Crippen LogP contribution in [0.4, 0.5) is 5.69 Å². The van der Waals surface area contributed by atoms with Gasteiger partial charge < -0.3 is 5.32 Å². The lowest BCUT2D eigenvalue weighted by Gasteiger charge is -2.27. The van der Waals surface area contributed by atoms with Crippen molar-refractivity contribution in [2.24, 2.45) is 11.8 Å². The standard InChI is InChI=1S/C22H29N3O3S/c1-3-4-6-16-9-11-17(12-10-16)22(26)23-19-8-5-7-18(15-19)20-13-14-21(25-24-20)29(2,27)28/h5,7-8,13-17H,3-4,6,9-12H2,1-2H3,(H,23,26). The van der Waals surface area contributed by atoms with Crippen molar-refractivity contribution in [2.75, 3.05) is 11.6 Å². The van der Waals surface area contributed by atoms with E-state index in [1.807, 2.05) is 24.3 Å². The molecule has 156 valence electrons. The molecule has 0 aliphatic heterocycles. The third-order valence-corrected chi connectivity index (χ3v) is 6.61. The maximum Gasteiger partial charge on any atom is 0.227 e. The Morgan fingerprint density at radius 2 is 1.86 bits per heavy atom. The van der Waals surface area contributed by atoms with Gasteiger partial charge in [-0.15, -0.1) is 10.2 Å². The second-order valence-electron chi connectivity index (χ2n) is 7.96. The number of hydrogen-bond donors (Lipinski definition) is 1. The average Bonchev–Trinajstić information content (AvgIpc) is 2.72. The Bertz CT molecular complexity index is 934. The van der Waals surface area contributed by atoms with Gasteiger partial charge in [-0.1, -0.05) is 38.3 Å². The van der Waals surface area contributed by atoms with E-state index in [-0.39, 0.29) is 16.9 Å². The number of hydrogen-bond acceptors (Lipinski definition) is 5. The minimum absolute atomic E-state index is 0.0553. The number of sulfone groups is 1. The fourth-order valence-corrected chi connectivity index (χ4v) is 4.38. The summed E-state index contributed by atoms with van der Waals surface area (Å²) in [5.41, 5.74) is 2.05. The number of unbranched alkanes of at least 4 members (excludes halogenated alkanes) is 1. The molecule has 1 amide bonds. The largest absolute Gasteiger partial charge is 0.326 e. The lowest BCUT2D eigenvalue weighted by molar-refractivity contribution is -0.121. The van der Waals surface area contributed by atoms with E-state index in [0.717, 1.165) is 49.1 Å². The molecule has 0 unspecified atom stereocenters. The highest BCUT2D eigenvalue weighted by atomic mass is 32.2. The van der Waals surface area contributed by atoms with Crippen LogP contribution in [-0.2, 0) is 14.6 Å². The van der Waals surface area contributed by atoms with Crippen LogP contribution >= 0.6 is 0 Å². The molecule has 1 fully saturated rings. The molecule has 1 heterocycles. The van der Waals surface area contributed by atoms with Crippen LogP contribution in [0.3, 0.4) is 0 Å². The molecule has 1 aliphatic carbocycles. The molecule has 7 heteroatoms. The van der Waals surface area contributed by atoms with Crippen molar-refractivity contribution in [3.63, 3.8) is 0 Å². The fraction of sp³-hybridized carbons (Fsp3) is 0.500. The third kappa shape index (κ3) is 5.85. The zero-order valence-corrected chi connectivity index (χ0v) is 17.9. The van der Waals surface area contributed by atoms with Gasteiger partial charge in [0.2, 0.25) is 5.91 Å². The molecule has 0 radical (unpaired) electrons. The first-order valence-electron chi connectivity index (χ1n) is 10.3. The number of amides is 1. The highest BCUT2D eigenvalue weighted by Crippen LogP contribution is 2.32. The molecule has 1 aromatic heterocycles. The first-order valence-corrected chi connectivity index (χ1v) is 12.2. The van der Waals surface area contributed by atoms with E-state index in [9.17, 15) is 13.2 Å². The number of nitrogens with one attached hydrogen (secondary N) is 1. The summed E-state index contributed by atoms with van der Waals surface area (Å²) in [6, 6.07) is 10.5. The summed E-state index contributed by atoms with van der Waals surface area (Å²) in [6.45, 7) is 2.22. The molecule has 0 saturated heterocycles. The summed E-state index contributed by atoms with van der Waals surface area (Å²) in [5, 5.41) is 10.8. The van der Waals surface area contributed by atoms with Gasteiger partial charge in [0.1, 0.15) is 0 Å². The summed E-state index contributed by atoms with van der Waals surface area (Å²) in [5.74, 6) is 0.927. The molecule has 1 N–H and O–H groups in total. The molecule has 1 aromatic carbocycles. The van der Waals surface area contributed by atoms with Crippen LogP contribution in [0.15, 0.2) is 41.4 Å². The summed E-state index contributed by atoms with van der Waals surface area (Å²) in [6.07, 6.45) is 9.09. The molecule has 2 aromatic rings. The van der Waals surface area contributed by atoms with Crippen molar-refractivity contribution < 1.29 is 13.2 Å². The monoisotopic (exact) mass is 415 g/mol. The lowest BCUT2D eigenvalue weighted by Crippen LogP contribution is -2.27. The maximum atomic E-state index is 12.7. The van der Waals surface area contributed by atoms with Crippen LogP contribution in [0.2, 0.25) is 0 Å². The van der Waals surface area contributed by atoms with E-state index in [1.54, 1.807) is 6.07 Å². The topological polar surface area (TPSA) is 89.0 Å². The Morgan fingerprint density at radius 3 is 2.48 bits per heavy atom. The molecule has 29 heavy (non-hydrogen) atoms. The van der Waals surface area contributed by atoms with E-state index in [2.05, 4.69) is 22.4 Å². The quantitative estimate of drug-likeness (QED) is 0.720. The van der Waals surface area contributed by atoms with Crippen molar-refractivity contribution in [1.29, 1.82) is 0 Å². The van der Waals surface area contributed by atoms with Gasteiger partial charge in [-0.3, -0.25) is 4.79 Å². The number of carbonyl (C=O) groups excluding carboxylic acids is 1. The van der Waals surface area contributed by atoms with E-state index < -0.39 is 9.84 Å². The van der Waals surface area contributed by atoms with Crippen molar-refractivity contribution in [3.05, 3.63) is 36.4 Å². The van der Waals surface area contributed by atoms with Crippen LogP contribution in [0.5, 0.6) is 0 Å². The predicted molar refractivity (Wildman–Crippen MR) is 114 cm³/mol. The minimum atomic E-state index is -3.38. The minimum Gasteiger partial charge on any atom is -0.326 e. The maximum absolute atomic E-state index is 12.7. The summed E-state index contributed by atoms with van der Waals surface area (Å²) in [7, 11) is -3.38. The molecule has 0 spiro atoms. The van der Waals surface area contributed by atoms with E-state index in [0.29, 0.717) is 5.69 Å². The lowest BCUT2D eigenvalue weighted by atomic mass is 9.79. The Labute approximate surface area is 173 Å². The highest BCUT2D eigenvalue weighted by molar-refractivity contribution is 7.90. The average molecular weight is 416 g/mol. The second-order valence-corrected chi connectivity index (χ2v) is 9.92. The predicted octanol–water partition coefficient (Wildman–Crippen LogP) is 4.48. The first-order chi connectivity index (χ1) is 13.9. The zero-order chi connectivity index (χ0) is 20.9. The van der Waals surface area contributed by atoms with Crippen LogP contribution in [-0.4, -0.2) is 30.8 Å². The third-order valence-electron chi connectivity index (χ3n) is 5.63. The molecule has 0 atom stereocenters. The Hall–Kier alpha value is -2.28. The van der Waals surface area contributed by atoms with Gasteiger partial charge in [0.15, 0.2) is 14.9 Å². The van der Waals surface area contributed by atoms with Gasteiger partial charge in [-0.2, -0.15) is 0 Å². The van der Waals surface area contributed by atoms with Crippen LogP contribution < -0.4 is 5.32 Å². The fourth-order valence-electron chi connectivity index (χ4n) is 3.88. The summed E-state index contributed by atoms with van der Waals surface area (Å²) < 4.78 is 23.1. The number of carbonyl (C=O) groups is 1. The van der Waals surface area contributed by atoms with Gasteiger partial charge in [-0.05, 0) is 55.9 Å². The molecule has 3 rings (SSSR count). The molecule has 1 saturated carbocycles. The number of anilines is 1. The second kappa shape index (κ2) is 9.48. The van der Waals surface area contributed by atoms with Crippen LogP contribution in [0.25, 0.3) is 11.3 Å². The van der Waals surface area contributed by atoms with Crippen molar-refractivity contribution in [1.82, 2.24) is 10.2 Å². The van der Waals surface area contributed by atoms with E-state index in [4.69, 9.17) is 0 Å². The van der Waals surface area contributed by atoms with Gasteiger partial charge >= 0.3 is 0 Å². The summed E-state index contributed by atoms with van der Waals surface area (Å²) in [4.78, 5) is 12.7. The van der Waals surface area contributed by atoms with Gasteiger partial charge in [0, 0.05) is 23.4 Å². The molecule has 1 aliphatic rings. The van der Waals surface area contributed by atoms with Gasteiger partial charge in [-0.25, -0.2) is 8.42 Å². The van der Waals surface area contributed by atoms with Gasteiger partial charge in [0.05, 0.1) is 5.69 Å². The highest BCUT2D eigenvalue weighted by Gasteiger charge is 2.26.